The van der Waals surface area contributed by atoms with Crippen LogP contribution in [-0.2, 0) is 4.74 Å². The lowest BCUT2D eigenvalue weighted by Gasteiger charge is -2.39. The van der Waals surface area contributed by atoms with Crippen LogP contribution in [0.15, 0.2) is 24.5 Å². The van der Waals surface area contributed by atoms with E-state index in [1.165, 1.54) is 10.9 Å². The van der Waals surface area contributed by atoms with Crippen LogP contribution in [0, 0.1) is 13.8 Å². The van der Waals surface area contributed by atoms with Crippen LogP contribution in [-0.4, -0.2) is 80.3 Å². The zero-order valence-electron chi connectivity index (χ0n) is 20.2. The normalized spacial score (nSPS) is 30.1. The fraction of sp³-hybridized carbons (Fsp3) is 0.560. The predicted octanol–water partition coefficient (Wildman–Crippen LogP) is 3.65. The number of piperidine rings is 1. The summed E-state index contributed by atoms with van der Waals surface area (Å²) < 4.78 is 49.1. The van der Waals surface area contributed by atoms with Crippen LogP contribution >= 0.6 is 0 Å². The van der Waals surface area contributed by atoms with Crippen LogP contribution in [0.4, 0.5) is 24.8 Å². The minimum atomic E-state index is -2.71. The molecule has 1 aromatic carbocycles. The number of benzene rings is 1. The maximum Gasteiger partial charge on any atom is 0.272 e. The molecular formula is C25H29F3N6O2. The number of nitrogens with zero attached hydrogens (tertiary/aromatic N) is 5. The number of aliphatic hydroxyl groups is 1. The number of aromatic nitrogens is 4. The number of ether oxygens (including phenoxy) is 1. The lowest BCUT2D eigenvalue weighted by Crippen LogP contribution is -2.50. The Labute approximate surface area is 206 Å². The molecule has 1 aliphatic carbocycles. The van der Waals surface area contributed by atoms with Gasteiger partial charge in [-0.2, -0.15) is 5.10 Å². The molecule has 3 aliphatic rings. The first-order valence-electron chi connectivity index (χ1n) is 12.3. The van der Waals surface area contributed by atoms with Crippen molar-refractivity contribution in [2.75, 3.05) is 31.6 Å². The molecule has 4 unspecified atom stereocenters. The van der Waals surface area contributed by atoms with Crippen molar-refractivity contribution in [1.29, 1.82) is 0 Å². The molecule has 11 heteroatoms. The molecule has 0 spiro atoms. The molecule has 3 aromatic rings. The van der Waals surface area contributed by atoms with Gasteiger partial charge in [0, 0.05) is 30.5 Å². The molecule has 1 saturated carbocycles. The van der Waals surface area contributed by atoms with Crippen LogP contribution in [0.2, 0.25) is 0 Å². The van der Waals surface area contributed by atoms with E-state index in [1.807, 2.05) is 24.0 Å². The first-order valence-corrected chi connectivity index (χ1v) is 12.3. The second-order valence-electron chi connectivity index (χ2n) is 10.2. The molecule has 2 aliphatic heterocycles. The molecule has 0 amide bonds. The Hall–Kier alpha value is -2.76. The van der Waals surface area contributed by atoms with Gasteiger partial charge in [-0.3, -0.25) is 9.58 Å². The molecule has 2 saturated heterocycles. The van der Waals surface area contributed by atoms with Crippen LogP contribution < -0.4 is 5.32 Å². The molecule has 8 nitrogen and oxygen atoms in total. The number of hydrogen-bond donors (Lipinski definition) is 2. The number of aryl methyl sites for hydroxylation is 1. The first kappa shape index (κ1) is 23.6. The Morgan fingerprint density at radius 2 is 2.00 bits per heavy atom. The molecule has 0 bridgehead atoms. The fourth-order valence-electron chi connectivity index (χ4n) is 5.57. The van der Waals surface area contributed by atoms with Crippen LogP contribution in [0.5, 0.6) is 0 Å². The Kier molecular flexibility index (Phi) is 5.69. The zero-order valence-corrected chi connectivity index (χ0v) is 20.2. The number of aliphatic hydroxyl groups excluding tert-OH is 1. The second kappa shape index (κ2) is 8.67. The summed E-state index contributed by atoms with van der Waals surface area (Å²) in [5, 5.41) is 18.2. The standard InChI is InChI=1S/C25H29F3N6O2/c1-13-5-15-8-29-24(32-20-9-30-34(14(20)2)23-7-25(23,27)28)31-19(15)6-17(13)16-3-4-33(10-18(16)26)21-11-36-12-22(21)35/h5-6,8-9,16,18,21-23,35H,3-4,7,10-12H2,1-2H3,(H,29,31,32)/t16?,18?,21?,22-,23?/m1/s1. The molecular weight excluding hydrogens is 473 g/mol. The molecule has 5 atom stereocenters. The minimum Gasteiger partial charge on any atom is -0.389 e. The van der Waals surface area contributed by atoms with Crippen LogP contribution in [0.3, 0.4) is 0 Å². The van der Waals surface area contributed by atoms with Gasteiger partial charge >= 0.3 is 0 Å². The number of rotatable bonds is 5. The van der Waals surface area contributed by atoms with Crippen LogP contribution in [0.25, 0.3) is 10.9 Å². The number of halogens is 3. The highest BCUT2D eigenvalue weighted by Crippen LogP contribution is 2.53. The molecule has 0 radical (unpaired) electrons. The average Bonchev–Trinajstić information content (AvgIpc) is 3.12. The lowest BCUT2D eigenvalue weighted by atomic mass is 9.84. The third kappa shape index (κ3) is 4.12. The van der Waals surface area contributed by atoms with Gasteiger partial charge in [0.05, 0.1) is 48.5 Å². The number of fused-ring (bicyclic) bond motifs is 1. The number of nitrogens with one attached hydrogen (secondary N) is 1. The summed E-state index contributed by atoms with van der Waals surface area (Å²) in [6, 6.07) is 2.85. The van der Waals surface area contributed by atoms with E-state index < -0.39 is 24.2 Å². The minimum absolute atomic E-state index is 0.151. The highest BCUT2D eigenvalue weighted by atomic mass is 19.3. The summed E-state index contributed by atoms with van der Waals surface area (Å²) in [5.41, 5.74) is 3.75. The van der Waals surface area contributed by atoms with Gasteiger partial charge < -0.3 is 15.2 Å². The van der Waals surface area contributed by atoms with E-state index in [2.05, 4.69) is 20.4 Å². The molecule has 36 heavy (non-hydrogen) atoms. The van der Waals surface area contributed by atoms with Crippen molar-refractivity contribution in [2.24, 2.45) is 0 Å². The van der Waals surface area contributed by atoms with E-state index in [0.29, 0.717) is 49.0 Å². The van der Waals surface area contributed by atoms with Gasteiger partial charge in [-0.15, -0.1) is 0 Å². The third-order valence-corrected chi connectivity index (χ3v) is 7.81. The van der Waals surface area contributed by atoms with E-state index in [9.17, 15) is 13.9 Å². The van der Waals surface area contributed by atoms with Crippen molar-refractivity contribution in [3.05, 3.63) is 41.3 Å². The monoisotopic (exact) mass is 502 g/mol. The van der Waals surface area contributed by atoms with E-state index in [0.717, 1.165) is 16.5 Å². The number of likely N-dealkylation sites (tertiary alicyclic amines) is 1. The summed E-state index contributed by atoms with van der Waals surface area (Å²) in [6.07, 6.45) is 2.00. The molecule has 6 rings (SSSR count). The van der Waals surface area contributed by atoms with Gasteiger partial charge in [0.25, 0.3) is 5.92 Å². The van der Waals surface area contributed by atoms with E-state index in [1.54, 1.807) is 13.1 Å². The first-order chi connectivity index (χ1) is 17.2. The highest BCUT2D eigenvalue weighted by molar-refractivity contribution is 5.81. The van der Waals surface area contributed by atoms with Gasteiger partial charge in [0.15, 0.2) is 0 Å². The summed E-state index contributed by atoms with van der Waals surface area (Å²) in [7, 11) is 0. The fourth-order valence-corrected chi connectivity index (χ4v) is 5.57. The third-order valence-electron chi connectivity index (χ3n) is 7.81. The average molecular weight is 503 g/mol. The number of alkyl halides is 3. The van der Waals surface area contributed by atoms with E-state index in [4.69, 9.17) is 4.74 Å². The summed E-state index contributed by atoms with van der Waals surface area (Å²) in [5.74, 6) is -2.65. The van der Waals surface area contributed by atoms with Gasteiger partial charge in [-0.05, 0) is 50.1 Å². The molecule has 192 valence electrons. The van der Waals surface area contributed by atoms with E-state index in [-0.39, 0.29) is 24.9 Å². The summed E-state index contributed by atoms with van der Waals surface area (Å²) in [4.78, 5) is 11.0. The Morgan fingerprint density at radius 3 is 2.69 bits per heavy atom. The zero-order chi connectivity index (χ0) is 25.2. The second-order valence-corrected chi connectivity index (χ2v) is 10.2. The maximum atomic E-state index is 15.4. The summed E-state index contributed by atoms with van der Waals surface area (Å²) in [6.45, 7) is 5.38. The smallest absolute Gasteiger partial charge is 0.272 e. The van der Waals surface area contributed by atoms with Crippen molar-refractivity contribution < 1.29 is 23.0 Å². The highest BCUT2D eigenvalue weighted by Gasteiger charge is 2.59. The molecule has 4 heterocycles. The van der Waals surface area contributed by atoms with Gasteiger partial charge in [-0.1, -0.05) is 0 Å². The lowest BCUT2D eigenvalue weighted by molar-refractivity contribution is 0.0352. The van der Waals surface area contributed by atoms with Crippen molar-refractivity contribution in [1.82, 2.24) is 24.6 Å². The topological polar surface area (TPSA) is 88.3 Å². The van der Waals surface area contributed by atoms with Gasteiger partial charge in [-0.25, -0.2) is 23.1 Å². The Bertz CT molecular complexity index is 1300. The van der Waals surface area contributed by atoms with Crippen molar-refractivity contribution >= 4 is 22.5 Å². The van der Waals surface area contributed by atoms with Crippen molar-refractivity contribution in [3.8, 4) is 0 Å². The predicted molar refractivity (Wildman–Crippen MR) is 128 cm³/mol. The quantitative estimate of drug-likeness (QED) is 0.551. The Balaban J connectivity index is 1.22. The van der Waals surface area contributed by atoms with Crippen LogP contribution in [0.1, 0.15) is 41.6 Å². The molecule has 2 aromatic heterocycles. The van der Waals surface area contributed by atoms with E-state index >= 15 is 4.39 Å². The van der Waals surface area contributed by atoms with Gasteiger partial charge in [0.2, 0.25) is 5.95 Å². The SMILES string of the molecule is Cc1cc2cnc(Nc3cnn(C4CC4(F)F)c3C)nc2cc1C1CCN(C2COC[C@H]2O)CC1F. The molecule has 3 fully saturated rings. The van der Waals surface area contributed by atoms with Gasteiger partial charge in [0.1, 0.15) is 12.2 Å². The number of anilines is 2. The Morgan fingerprint density at radius 1 is 1.19 bits per heavy atom. The van der Waals surface area contributed by atoms with Crippen molar-refractivity contribution in [3.63, 3.8) is 0 Å². The van der Waals surface area contributed by atoms with Crippen molar-refractivity contribution in [2.45, 2.75) is 62.9 Å². The summed E-state index contributed by atoms with van der Waals surface area (Å²) >= 11 is 0. The maximum absolute atomic E-state index is 15.4. The number of hydrogen-bond acceptors (Lipinski definition) is 7. The molecule has 2 N–H and O–H groups in total. The largest absolute Gasteiger partial charge is 0.389 e.